The van der Waals surface area contributed by atoms with Crippen LogP contribution in [0, 0.1) is 0 Å². The van der Waals surface area contributed by atoms with Crippen LogP contribution in [-0.2, 0) is 19.6 Å². The topological polar surface area (TPSA) is 96.0 Å². The van der Waals surface area contributed by atoms with Crippen molar-refractivity contribution in [1.82, 2.24) is 9.62 Å². The van der Waals surface area contributed by atoms with Gasteiger partial charge in [0.1, 0.15) is 11.3 Å². The molecule has 30 heavy (non-hydrogen) atoms. The first-order valence-electron chi connectivity index (χ1n) is 10.5. The summed E-state index contributed by atoms with van der Waals surface area (Å²) in [6, 6.07) is 6.99. The first-order valence-corrected chi connectivity index (χ1v) is 12.3. The molecule has 1 aromatic carbocycles. The molecule has 0 bridgehead atoms. The third-order valence-corrected chi connectivity index (χ3v) is 7.04. The van der Waals surface area contributed by atoms with E-state index in [1.54, 1.807) is 31.2 Å². The second-order valence-corrected chi connectivity index (χ2v) is 10.3. The van der Waals surface area contributed by atoms with Gasteiger partial charge in [0, 0.05) is 18.3 Å². The molecule has 1 N–H and O–H groups in total. The third-order valence-electron chi connectivity index (χ3n) is 5.84. The maximum atomic E-state index is 13.4. The summed E-state index contributed by atoms with van der Waals surface area (Å²) in [5, 5.41) is 3.07. The molecular formula is C21H31N3O5S. The largest absolute Gasteiger partial charge is 0.494 e. The Bertz CT molecular complexity index is 880. The molecular weight excluding hydrogens is 406 g/mol. The number of piperazine rings is 1. The summed E-state index contributed by atoms with van der Waals surface area (Å²) in [7, 11) is -3.63. The average molecular weight is 438 g/mol. The first-order chi connectivity index (χ1) is 14.1. The molecule has 8 nitrogen and oxygen atoms in total. The molecule has 0 spiro atoms. The van der Waals surface area contributed by atoms with Crippen LogP contribution in [0.3, 0.4) is 0 Å². The van der Waals surface area contributed by atoms with Crippen LogP contribution >= 0.6 is 0 Å². The van der Waals surface area contributed by atoms with Crippen molar-refractivity contribution in [2.24, 2.45) is 0 Å². The van der Waals surface area contributed by atoms with Crippen LogP contribution in [-0.4, -0.2) is 62.1 Å². The van der Waals surface area contributed by atoms with Crippen LogP contribution in [0.2, 0.25) is 0 Å². The molecule has 0 radical (unpaired) electrons. The van der Waals surface area contributed by atoms with Crippen LogP contribution in [0.25, 0.3) is 0 Å². The Morgan fingerprint density at radius 3 is 2.40 bits per heavy atom. The van der Waals surface area contributed by atoms with E-state index in [0.717, 1.165) is 42.7 Å². The van der Waals surface area contributed by atoms with Crippen molar-refractivity contribution in [2.45, 2.75) is 57.5 Å². The molecule has 1 aromatic rings. The fourth-order valence-corrected chi connectivity index (χ4v) is 5.08. The zero-order valence-electron chi connectivity index (χ0n) is 17.9. The highest BCUT2D eigenvalue weighted by atomic mass is 32.2. The third kappa shape index (κ3) is 4.78. The maximum absolute atomic E-state index is 13.4. The zero-order chi connectivity index (χ0) is 21.9. The smallest absolute Gasteiger partial charge is 0.247 e. The van der Waals surface area contributed by atoms with Gasteiger partial charge in [-0.05, 0) is 51.0 Å². The highest BCUT2D eigenvalue weighted by Gasteiger charge is 2.50. The van der Waals surface area contributed by atoms with Gasteiger partial charge in [-0.2, -0.15) is 4.31 Å². The molecule has 1 saturated heterocycles. The van der Waals surface area contributed by atoms with Crippen molar-refractivity contribution in [2.75, 3.05) is 30.9 Å². The number of nitrogens with zero attached hydrogens (tertiary/aromatic N) is 2. The lowest BCUT2D eigenvalue weighted by Gasteiger charge is -2.47. The number of nitrogens with one attached hydrogen (secondary N) is 1. The molecule has 1 heterocycles. The normalized spacial score (nSPS) is 24.0. The second kappa shape index (κ2) is 8.93. The molecule has 9 heteroatoms. The minimum atomic E-state index is -3.63. The Labute approximate surface area is 178 Å². The first kappa shape index (κ1) is 22.6. The summed E-state index contributed by atoms with van der Waals surface area (Å²) in [6.45, 7) is 3.65. The van der Waals surface area contributed by atoms with Gasteiger partial charge in [0.2, 0.25) is 21.8 Å². The van der Waals surface area contributed by atoms with Crippen LogP contribution in [0.4, 0.5) is 5.69 Å². The fraction of sp³-hybridized carbons (Fsp3) is 0.619. The van der Waals surface area contributed by atoms with Gasteiger partial charge in [0.25, 0.3) is 0 Å². The summed E-state index contributed by atoms with van der Waals surface area (Å²) in [4.78, 5) is 27.9. The van der Waals surface area contributed by atoms with E-state index in [0.29, 0.717) is 18.0 Å². The van der Waals surface area contributed by atoms with E-state index in [9.17, 15) is 18.0 Å². The lowest BCUT2D eigenvalue weighted by Crippen LogP contribution is -2.70. The minimum absolute atomic E-state index is 0.0500. The van der Waals surface area contributed by atoms with Crippen LogP contribution < -0.4 is 15.0 Å². The van der Waals surface area contributed by atoms with Gasteiger partial charge in [-0.25, -0.2) is 8.42 Å². The minimum Gasteiger partial charge on any atom is -0.494 e. The number of carbonyl (C=O) groups is 2. The Balaban J connectivity index is 1.94. The number of benzene rings is 1. The van der Waals surface area contributed by atoms with E-state index in [1.807, 2.05) is 6.92 Å². The van der Waals surface area contributed by atoms with Crippen LogP contribution in [0.15, 0.2) is 24.3 Å². The van der Waals surface area contributed by atoms with Crippen molar-refractivity contribution in [3.05, 3.63) is 24.3 Å². The van der Waals surface area contributed by atoms with Gasteiger partial charge in [0.15, 0.2) is 0 Å². The molecule has 2 aliphatic rings. The standard InChI is InChI=1S/C21H31N3O5S/c1-4-29-18-12-10-17(11-13-18)24-19(25)14-23(30(3,27)28)15-21(24,2)20(26)22-16-8-6-5-7-9-16/h10-13,16H,4-9,14-15H2,1-3H3,(H,22,26)/t21-/m0/s1. The van der Waals surface area contributed by atoms with E-state index in [4.69, 9.17) is 4.74 Å². The molecule has 1 atom stereocenters. The van der Waals surface area contributed by atoms with E-state index >= 15 is 0 Å². The summed E-state index contributed by atoms with van der Waals surface area (Å²) >= 11 is 0. The van der Waals surface area contributed by atoms with Crippen molar-refractivity contribution in [3.8, 4) is 5.75 Å². The summed E-state index contributed by atoms with van der Waals surface area (Å²) in [5.74, 6) is -0.0982. The molecule has 3 rings (SSSR count). The molecule has 0 unspecified atom stereocenters. The van der Waals surface area contributed by atoms with Gasteiger partial charge in [-0.1, -0.05) is 19.3 Å². The quantitative estimate of drug-likeness (QED) is 0.733. The number of anilines is 1. The highest BCUT2D eigenvalue weighted by Crippen LogP contribution is 2.32. The van der Waals surface area contributed by atoms with E-state index in [2.05, 4.69) is 5.32 Å². The molecule has 166 valence electrons. The molecule has 1 saturated carbocycles. The van der Waals surface area contributed by atoms with Crippen molar-refractivity contribution in [1.29, 1.82) is 0 Å². The van der Waals surface area contributed by atoms with Gasteiger partial charge < -0.3 is 10.1 Å². The van der Waals surface area contributed by atoms with Gasteiger partial charge >= 0.3 is 0 Å². The maximum Gasteiger partial charge on any atom is 0.247 e. The van der Waals surface area contributed by atoms with Crippen LogP contribution in [0.1, 0.15) is 46.0 Å². The lowest BCUT2D eigenvalue weighted by atomic mass is 9.91. The van der Waals surface area contributed by atoms with E-state index in [-0.39, 0.29) is 25.0 Å². The number of carbonyl (C=O) groups excluding carboxylic acids is 2. The monoisotopic (exact) mass is 437 g/mol. The fourth-order valence-electron chi connectivity index (χ4n) is 4.25. The van der Waals surface area contributed by atoms with Crippen molar-refractivity contribution >= 4 is 27.5 Å². The summed E-state index contributed by atoms with van der Waals surface area (Å²) in [6.07, 6.45) is 6.12. The Morgan fingerprint density at radius 1 is 1.20 bits per heavy atom. The predicted octanol–water partition coefficient (Wildman–Crippen LogP) is 1.90. The van der Waals surface area contributed by atoms with Gasteiger partial charge in [-0.15, -0.1) is 0 Å². The number of amides is 2. The molecule has 2 amide bonds. The Kier molecular flexibility index (Phi) is 6.71. The summed E-state index contributed by atoms with van der Waals surface area (Å²) < 4.78 is 30.9. The molecule has 1 aliphatic carbocycles. The number of sulfonamides is 1. The number of hydrogen-bond donors (Lipinski definition) is 1. The van der Waals surface area contributed by atoms with E-state index in [1.165, 1.54) is 4.90 Å². The zero-order valence-corrected chi connectivity index (χ0v) is 18.7. The van der Waals surface area contributed by atoms with Gasteiger partial charge in [-0.3, -0.25) is 14.5 Å². The number of rotatable bonds is 6. The van der Waals surface area contributed by atoms with Crippen molar-refractivity contribution < 1.29 is 22.7 Å². The van der Waals surface area contributed by atoms with Crippen molar-refractivity contribution in [3.63, 3.8) is 0 Å². The van der Waals surface area contributed by atoms with Gasteiger partial charge in [0.05, 0.1) is 19.4 Å². The SMILES string of the molecule is CCOc1ccc(N2C(=O)CN(S(C)(=O)=O)C[C@@]2(C)C(=O)NC2CCCCC2)cc1. The molecule has 1 aliphatic heterocycles. The second-order valence-electron chi connectivity index (χ2n) is 8.27. The average Bonchev–Trinajstić information content (AvgIpc) is 2.69. The highest BCUT2D eigenvalue weighted by molar-refractivity contribution is 7.88. The summed E-state index contributed by atoms with van der Waals surface area (Å²) in [5.41, 5.74) is -0.818. The van der Waals surface area contributed by atoms with E-state index < -0.39 is 21.5 Å². The Morgan fingerprint density at radius 2 is 1.83 bits per heavy atom. The lowest BCUT2D eigenvalue weighted by molar-refractivity contribution is -0.133. The molecule has 2 fully saturated rings. The molecule has 0 aromatic heterocycles. The van der Waals surface area contributed by atoms with Crippen LogP contribution in [0.5, 0.6) is 5.75 Å². The number of ether oxygens (including phenoxy) is 1. The predicted molar refractivity (Wildman–Crippen MR) is 115 cm³/mol. The number of hydrogen-bond acceptors (Lipinski definition) is 5. The Hall–Kier alpha value is -2.13.